The summed E-state index contributed by atoms with van der Waals surface area (Å²) < 4.78 is 11.3. The molecule has 1 N–H and O–H groups in total. The molecule has 2 aliphatic rings. The molecule has 32 heavy (non-hydrogen) atoms. The van der Waals surface area contributed by atoms with Gasteiger partial charge in [-0.25, -0.2) is 0 Å². The van der Waals surface area contributed by atoms with Crippen molar-refractivity contribution in [2.24, 2.45) is 0 Å². The van der Waals surface area contributed by atoms with Crippen molar-refractivity contribution < 1.29 is 19.1 Å². The first-order valence-corrected chi connectivity index (χ1v) is 12.3. The molecular formula is C25H32N2O4S. The van der Waals surface area contributed by atoms with Crippen molar-refractivity contribution >= 4 is 28.2 Å². The lowest BCUT2D eigenvalue weighted by molar-refractivity contribution is -0.118. The molecule has 2 heterocycles. The Balaban J connectivity index is 1.51. The molecule has 2 aromatic rings. The molecule has 1 fully saturated rings. The number of hydrogen-bond donors (Lipinski definition) is 1. The average Bonchev–Trinajstić information content (AvgIpc) is 3.15. The van der Waals surface area contributed by atoms with Crippen molar-refractivity contribution in [3.63, 3.8) is 0 Å². The van der Waals surface area contributed by atoms with E-state index in [0.717, 1.165) is 48.1 Å². The van der Waals surface area contributed by atoms with Gasteiger partial charge in [0.2, 0.25) is 0 Å². The number of carbonyl (C=O) groups is 2. The van der Waals surface area contributed by atoms with Gasteiger partial charge in [0.1, 0.15) is 10.8 Å². The molecule has 1 aliphatic carbocycles. The Bertz CT molecular complexity index is 992. The van der Waals surface area contributed by atoms with Crippen LogP contribution < -0.4 is 10.1 Å². The van der Waals surface area contributed by atoms with Gasteiger partial charge in [0.25, 0.3) is 11.8 Å². The summed E-state index contributed by atoms with van der Waals surface area (Å²) >= 11 is 1.55. The van der Waals surface area contributed by atoms with Gasteiger partial charge in [-0.2, -0.15) is 0 Å². The van der Waals surface area contributed by atoms with Gasteiger partial charge in [0, 0.05) is 18.0 Å². The summed E-state index contributed by atoms with van der Waals surface area (Å²) in [5.41, 5.74) is 3.97. The standard InChI is InChI=1S/C25H32N2O4S/c1-16(2)18-9-8-17(3)14-20(18)31-15-22(28)26-24-23(19-6-4-5-7-21(19)32-24)25(29)27-10-12-30-13-11-27/h8-9,14,16H,4-7,10-13,15H2,1-3H3,(H,26,28). The van der Waals surface area contributed by atoms with Crippen LogP contribution in [0.15, 0.2) is 18.2 Å². The third kappa shape index (κ3) is 4.99. The molecule has 0 saturated carbocycles. The molecule has 4 rings (SSSR count). The maximum absolute atomic E-state index is 13.4. The lowest BCUT2D eigenvalue weighted by Gasteiger charge is -2.27. The van der Waals surface area contributed by atoms with Crippen molar-refractivity contribution in [3.8, 4) is 5.75 Å². The summed E-state index contributed by atoms with van der Waals surface area (Å²) in [6, 6.07) is 6.08. The first-order valence-electron chi connectivity index (χ1n) is 11.5. The second-order valence-corrected chi connectivity index (χ2v) is 9.96. The average molecular weight is 457 g/mol. The van der Waals surface area contributed by atoms with Crippen LogP contribution in [-0.2, 0) is 22.4 Å². The topological polar surface area (TPSA) is 67.9 Å². The molecule has 1 saturated heterocycles. The fourth-order valence-electron chi connectivity index (χ4n) is 4.35. The number of aryl methyl sites for hydroxylation is 2. The van der Waals surface area contributed by atoms with E-state index >= 15 is 0 Å². The summed E-state index contributed by atoms with van der Waals surface area (Å²) in [4.78, 5) is 29.3. The van der Waals surface area contributed by atoms with Gasteiger partial charge in [-0.3, -0.25) is 9.59 Å². The van der Waals surface area contributed by atoms with E-state index in [1.807, 2.05) is 17.9 Å². The van der Waals surface area contributed by atoms with Gasteiger partial charge in [-0.15, -0.1) is 11.3 Å². The lowest BCUT2D eigenvalue weighted by atomic mass is 9.95. The summed E-state index contributed by atoms with van der Waals surface area (Å²) in [7, 11) is 0. The van der Waals surface area contributed by atoms with Crippen LogP contribution in [0.5, 0.6) is 5.75 Å². The van der Waals surface area contributed by atoms with Gasteiger partial charge < -0.3 is 19.7 Å². The summed E-state index contributed by atoms with van der Waals surface area (Å²) in [6.45, 7) is 8.43. The van der Waals surface area contributed by atoms with E-state index in [2.05, 4.69) is 31.3 Å². The zero-order valence-electron chi connectivity index (χ0n) is 19.2. The van der Waals surface area contributed by atoms with E-state index in [-0.39, 0.29) is 18.4 Å². The molecule has 2 amide bonds. The normalized spacial score (nSPS) is 16.1. The summed E-state index contributed by atoms with van der Waals surface area (Å²) in [5, 5.41) is 3.66. The SMILES string of the molecule is Cc1ccc(C(C)C)c(OCC(=O)Nc2sc3c(c2C(=O)N2CCOCC2)CCCC3)c1. The van der Waals surface area contributed by atoms with E-state index in [0.29, 0.717) is 42.8 Å². The van der Waals surface area contributed by atoms with Crippen LogP contribution in [0.1, 0.15) is 64.5 Å². The Morgan fingerprint density at radius 2 is 1.94 bits per heavy atom. The zero-order valence-corrected chi connectivity index (χ0v) is 20.0. The Morgan fingerprint density at radius 1 is 1.19 bits per heavy atom. The third-order valence-corrected chi connectivity index (χ3v) is 7.29. The first kappa shape index (κ1) is 22.8. The van der Waals surface area contributed by atoms with E-state index in [1.165, 1.54) is 4.88 Å². The maximum atomic E-state index is 13.4. The predicted molar refractivity (Wildman–Crippen MR) is 127 cm³/mol. The third-order valence-electron chi connectivity index (χ3n) is 6.09. The number of anilines is 1. The van der Waals surface area contributed by atoms with Crippen molar-refractivity contribution in [2.75, 3.05) is 38.2 Å². The van der Waals surface area contributed by atoms with Crippen molar-refractivity contribution in [1.29, 1.82) is 0 Å². The van der Waals surface area contributed by atoms with Crippen molar-refractivity contribution in [2.45, 2.75) is 52.4 Å². The number of thiophene rings is 1. The number of morpholine rings is 1. The number of ether oxygens (including phenoxy) is 2. The number of carbonyl (C=O) groups excluding carboxylic acids is 2. The van der Waals surface area contributed by atoms with Crippen molar-refractivity contribution in [1.82, 2.24) is 4.90 Å². The number of amides is 2. The molecule has 0 unspecified atom stereocenters. The highest BCUT2D eigenvalue weighted by Gasteiger charge is 2.30. The monoisotopic (exact) mass is 456 g/mol. The Labute approximate surface area is 193 Å². The minimum atomic E-state index is -0.240. The molecule has 1 aliphatic heterocycles. The first-order chi connectivity index (χ1) is 15.4. The number of fused-ring (bicyclic) bond motifs is 1. The molecule has 1 aromatic heterocycles. The Morgan fingerprint density at radius 3 is 2.69 bits per heavy atom. The van der Waals surface area contributed by atoms with Crippen LogP contribution in [0.3, 0.4) is 0 Å². The number of nitrogens with zero attached hydrogens (tertiary/aromatic N) is 1. The molecule has 7 heteroatoms. The summed E-state index contributed by atoms with van der Waals surface area (Å²) in [5.74, 6) is 0.807. The van der Waals surface area contributed by atoms with E-state index < -0.39 is 0 Å². The van der Waals surface area contributed by atoms with Crippen LogP contribution in [0.25, 0.3) is 0 Å². The molecular weight excluding hydrogens is 424 g/mol. The van der Waals surface area contributed by atoms with Crippen LogP contribution in [0.4, 0.5) is 5.00 Å². The predicted octanol–water partition coefficient (Wildman–Crippen LogP) is 4.55. The van der Waals surface area contributed by atoms with Gasteiger partial charge in [0.05, 0.1) is 18.8 Å². The van der Waals surface area contributed by atoms with Crippen LogP contribution >= 0.6 is 11.3 Å². The van der Waals surface area contributed by atoms with Gasteiger partial charge in [0.15, 0.2) is 6.61 Å². The summed E-state index contributed by atoms with van der Waals surface area (Å²) in [6.07, 6.45) is 4.07. The van der Waals surface area contributed by atoms with Crippen molar-refractivity contribution in [3.05, 3.63) is 45.3 Å². The molecule has 0 bridgehead atoms. The number of hydrogen-bond acceptors (Lipinski definition) is 5. The Kier molecular flexibility index (Phi) is 7.16. The molecule has 0 spiro atoms. The molecule has 0 radical (unpaired) electrons. The highest BCUT2D eigenvalue weighted by atomic mass is 32.1. The van der Waals surface area contributed by atoms with E-state index in [9.17, 15) is 9.59 Å². The fraction of sp³-hybridized carbons (Fsp3) is 0.520. The minimum absolute atomic E-state index is 0.00435. The molecule has 0 atom stereocenters. The van der Waals surface area contributed by atoms with E-state index in [1.54, 1.807) is 11.3 Å². The highest BCUT2D eigenvalue weighted by Crippen LogP contribution is 2.39. The number of nitrogens with one attached hydrogen (secondary N) is 1. The molecule has 6 nitrogen and oxygen atoms in total. The fourth-order valence-corrected chi connectivity index (χ4v) is 5.65. The lowest BCUT2D eigenvalue weighted by Crippen LogP contribution is -2.41. The van der Waals surface area contributed by atoms with E-state index in [4.69, 9.17) is 9.47 Å². The second kappa shape index (κ2) is 10.0. The number of rotatable bonds is 6. The smallest absolute Gasteiger partial charge is 0.262 e. The highest BCUT2D eigenvalue weighted by molar-refractivity contribution is 7.17. The maximum Gasteiger partial charge on any atom is 0.262 e. The van der Waals surface area contributed by atoms with Gasteiger partial charge in [-0.1, -0.05) is 26.0 Å². The molecule has 1 aromatic carbocycles. The largest absolute Gasteiger partial charge is 0.483 e. The number of benzene rings is 1. The minimum Gasteiger partial charge on any atom is -0.483 e. The molecule has 172 valence electrons. The zero-order chi connectivity index (χ0) is 22.7. The Hall–Kier alpha value is -2.38. The second-order valence-electron chi connectivity index (χ2n) is 8.85. The van der Waals surface area contributed by atoms with Gasteiger partial charge >= 0.3 is 0 Å². The van der Waals surface area contributed by atoms with Crippen LogP contribution in [0, 0.1) is 6.92 Å². The van der Waals surface area contributed by atoms with Crippen LogP contribution in [0.2, 0.25) is 0 Å². The quantitative estimate of drug-likeness (QED) is 0.693. The van der Waals surface area contributed by atoms with Crippen LogP contribution in [-0.4, -0.2) is 49.6 Å². The van der Waals surface area contributed by atoms with Gasteiger partial charge in [-0.05, 0) is 61.3 Å².